The van der Waals surface area contributed by atoms with Crippen LogP contribution in [-0.2, 0) is 31.8 Å². The van der Waals surface area contributed by atoms with Crippen LogP contribution in [0.2, 0.25) is 0 Å². The molecule has 0 aliphatic carbocycles. The van der Waals surface area contributed by atoms with Crippen molar-refractivity contribution in [1.82, 2.24) is 20.9 Å². The van der Waals surface area contributed by atoms with E-state index in [1.807, 2.05) is 0 Å². The van der Waals surface area contributed by atoms with Gasteiger partial charge in [-0.25, -0.2) is 19.4 Å². The lowest BCUT2D eigenvalue weighted by atomic mass is 10.0. The van der Waals surface area contributed by atoms with Gasteiger partial charge < -0.3 is 36.5 Å². The van der Waals surface area contributed by atoms with Crippen molar-refractivity contribution < 1.29 is 51.5 Å². The van der Waals surface area contributed by atoms with Gasteiger partial charge in [-0.3, -0.25) is 25.0 Å². The van der Waals surface area contributed by atoms with Crippen molar-refractivity contribution in [2.24, 2.45) is 11.7 Å². The van der Waals surface area contributed by atoms with Gasteiger partial charge in [0.2, 0.25) is 11.8 Å². The number of ether oxygens (including phenoxy) is 2. The van der Waals surface area contributed by atoms with Gasteiger partial charge in [0.15, 0.2) is 10.8 Å². The number of hydrogen-bond donors (Lipinski definition) is 6. The molecule has 2 rings (SSSR count). The van der Waals surface area contributed by atoms with E-state index in [-0.39, 0.29) is 30.8 Å². The maximum absolute atomic E-state index is 13.8. The predicted molar refractivity (Wildman–Crippen MR) is 169 cm³/mol. The number of alkyl carbamates (subject to hydrolysis) is 1. The van der Waals surface area contributed by atoms with Crippen LogP contribution in [0.15, 0.2) is 24.3 Å². The number of primary amides is 1. The number of benzene rings is 1. The maximum atomic E-state index is 13.8. The number of aromatic nitrogens is 1. The van der Waals surface area contributed by atoms with Crippen molar-refractivity contribution in [2.75, 3.05) is 17.2 Å². The Kier molecular flexibility index (Phi) is 14.1. The molecule has 17 nitrogen and oxygen atoms in total. The van der Waals surface area contributed by atoms with Crippen LogP contribution in [0.25, 0.3) is 0 Å². The molecule has 0 saturated heterocycles. The molecule has 0 spiro atoms. The summed E-state index contributed by atoms with van der Waals surface area (Å²) in [5.74, 6) is -2.26. The Morgan fingerprint density at radius 1 is 1.00 bits per heavy atom. The maximum Gasteiger partial charge on any atom is 0.434 e. The highest BCUT2D eigenvalue weighted by Crippen LogP contribution is 2.36. The number of nitro benzene ring substituents is 1. The first-order chi connectivity index (χ1) is 22.7. The van der Waals surface area contributed by atoms with Crippen LogP contribution in [0.4, 0.5) is 44.1 Å². The van der Waals surface area contributed by atoms with E-state index in [1.165, 1.54) is 12.1 Å². The van der Waals surface area contributed by atoms with Crippen molar-refractivity contribution in [1.29, 1.82) is 0 Å². The van der Waals surface area contributed by atoms with Gasteiger partial charge in [0.1, 0.15) is 24.3 Å². The Morgan fingerprint density at radius 3 is 2.16 bits per heavy atom. The predicted octanol–water partition coefficient (Wildman–Crippen LogP) is 4.24. The van der Waals surface area contributed by atoms with Gasteiger partial charge in [0, 0.05) is 24.4 Å². The molecule has 0 bridgehead atoms. The van der Waals surface area contributed by atoms with Gasteiger partial charge in [0.25, 0.3) is 5.69 Å². The van der Waals surface area contributed by atoms with Crippen molar-refractivity contribution in [3.05, 3.63) is 45.0 Å². The van der Waals surface area contributed by atoms with E-state index in [2.05, 4.69) is 31.6 Å². The lowest BCUT2D eigenvalue weighted by molar-refractivity contribution is -0.384. The first kappa shape index (κ1) is 40.0. The number of rotatable bonds is 14. The van der Waals surface area contributed by atoms with Crippen LogP contribution >= 0.6 is 11.3 Å². The average molecular weight is 719 g/mol. The van der Waals surface area contributed by atoms with Crippen LogP contribution in [0.3, 0.4) is 0 Å². The number of hydrogen-bond acceptors (Lipinski definition) is 11. The summed E-state index contributed by atoms with van der Waals surface area (Å²) in [6.45, 7) is 7.19. The summed E-state index contributed by atoms with van der Waals surface area (Å²) in [7, 11) is 0. The number of carbonyl (C=O) groups is 5. The normalized spacial score (nSPS) is 12.7. The number of alkyl halides is 3. The summed E-state index contributed by atoms with van der Waals surface area (Å²) < 4.78 is 51.5. The van der Waals surface area contributed by atoms with E-state index in [4.69, 9.17) is 15.2 Å². The minimum absolute atomic E-state index is 0.00233. The number of urea groups is 1. The second kappa shape index (κ2) is 17.3. The van der Waals surface area contributed by atoms with E-state index in [9.17, 15) is 47.3 Å². The zero-order chi connectivity index (χ0) is 37.1. The summed E-state index contributed by atoms with van der Waals surface area (Å²) in [4.78, 5) is 75.1. The van der Waals surface area contributed by atoms with Crippen LogP contribution in [0, 0.1) is 16.0 Å². The molecule has 2 atom stereocenters. The van der Waals surface area contributed by atoms with Gasteiger partial charge in [0.05, 0.1) is 9.80 Å². The Hall–Kier alpha value is -5.21. The number of amides is 6. The molecule has 1 aromatic heterocycles. The highest BCUT2D eigenvalue weighted by Gasteiger charge is 2.38. The van der Waals surface area contributed by atoms with Crippen molar-refractivity contribution in [3.8, 4) is 0 Å². The molecule has 49 heavy (non-hydrogen) atoms. The third kappa shape index (κ3) is 13.8. The van der Waals surface area contributed by atoms with Gasteiger partial charge in [-0.05, 0) is 51.7 Å². The quantitative estimate of drug-likeness (QED) is 0.0921. The molecule has 21 heteroatoms. The van der Waals surface area contributed by atoms with E-state index < -0.39 is 87.0 Å². The molecular weight excluding hydrogens is 681 g/mol. The van der Waals surface area contributed by atoms with Gasteiger partial charge in [-0.2, -0.15) is 13.2 Å². The van der Waals surface area contributed by atoms with Gasteiger partial charge in [-0.1, -0.05) is 25.2 Å². The fourth-order valence-corrected chi connectivity index (χ4v) is 4.78. The highest BCUT2D eigenvalue weighted by molar-refractivity contribution is 7.15. The molecular formula is C28H37F3N8O9S. The number of nitrogens with one attached hydrogen (secondary N) is 5. The third-order valence-electron chi connectivity index (χ3n) is 6.08. The van der Waals surface area contributed by atoms with Crippen molar-refractivity contribution >= 4 is 57.9 Å². The van der Waals surface area contributed by atoms with E-state index in [1.54, 1.807) is 34.6 Å². The molecule has 1 unspecified atom stereocenters. The van der Waals surface area contributed by atoms with E-state index >= 15 is 0 Å². The van der Waals surface area contributed by atoms with Gasteiger partial charge in [-0.15, -0.1) is 0 Å². The SMILES string of the molecule is CC(C)C(NC(=O)OC(C)(C)C)C(=O)N[C@H](CCCNC(N)=O)C(=O)Nc1nc(C(F)(F)F)c(COC(=O)Nc2ccc([N+](=O)[O-])cc2)s1. The number of non-ortho nitro benzene ring substituents is 1. The lowest BCUT2D eigenvalue weighted by Crippen LogP contribution is -2.55. The first-order valence-electron chi connectivity index (χ1n) is 14.6. The Bertz CT molecular complexity index is 1510. The highest BCUT2D eigenvalue weighted by atomic mass is 32.1. The molecule has 270 valence electrons. The number of nitro groups is 1. The number of nitrogens with zero attached hydrogens (tertiary/aromatic N) is 2. The molecule has 0 aliphatic rings. The first-order valence-corrected chi connectivity index (χ1v) is 15.4. The van der Waals surface area contributed by atoms with E-state index in [0.717, 1.165) is 12.1 Å². The Labute approximate surface area is 282 Å². The molecule has 0 fully saturated rings. The number of thiazole rings is 1. The number of nitrogens with two attached hydrogens (primary N) is 1. The smallest absolute Gasteiger partial charge is 0.434 e. The molecule has 1 heterocycles. The fraction of sp³-hybridized carbons (Fsp3) is 0.500. The second-order valence-electron chi connectivity index (χ2n) is 11.6. The molecule has 7 N–H and O–H groups in total. The summed E-state index contributed by atoms with van der Waals surface area (Å²) in [5.41, 5.74) is 2.56. The molecule has 0 aliphatic heterocycles. The summed E-state index contributed by atoms with van der Waals surface area (Å²) >= 11 is 0.359. The number of halogens is 3. The molecule has 0 radical (unpaired) electrons. The number of anilines is 2. The summed E-state index contributed by atoms with van der Waals surface area (Å²) in [6, 6.07) is 1.18. The van der Waals surface area contributed by atoms with Gasteiger partial charge >= 0.3 is 24.4 Å². The Morgan fingerprint density at radius 2 is 1.63 bits per heavy atom. The van der Waals surface area contributed by atoms with E-state index in [0.29, 0.717) is 11.3 Å². The average Bonchev–Trinajstić information content (AvgIpc) is 3.38. The molecule has 1 aromatic carbocycles. The third-order valence-corrected chi connectivity index (χ3v) is 7.02. The number of carbonyl (C=O) groups excluding carboxylic acids is 5. The largest absolute Gasteiger partial charge is 0.444 e. The van der Waals surface area contributed by atoms with Crippen LogP contribution in [0.5, 0.6) is 0 Å². The zero-order valence-electron chi connectivity index (χ0n) is 27.1. The van der Waals surface area contributed by atoms with Crippen molar-refractivity contribution in [3.63, 3.8) is 0 Å². The van der Waals surface area contributed by atoms with Crippen LogP contribution < -0.4 is 32.3 Å². The molecule has 2 aromatic rings. The summed E-state index contributed by atoms with van der Waals surface area (Å²) in [6.07, 6.45) is -7.11. The van der Waals surface area contributed by atoms with Crippen molar-refractivity contribution in [2.45, 2.75) is 77.9 Å². The minimum atomic E-state index is -5.02. The van der Waals surface area contributed by atoms with Crippen LogP contribution in [0.1, 0.15) is 58.0 Å². The summed E-state index contributed by atoms with van der Waals surface area (Å²) in [5, 5.41) is 21.9. The lowest BCUT2D eigenvalue weighted by Gasteiger charge is -2.27. The minimum Gasteiger partial charge on any atom is -0.444 e. The topological polar surface area (TPSA) is 246 Å². The molecule has 6 amide bonds. The standard InChI is InChI=1S/C28H37F3N8O9S/c1-14(2)19(36-26(44)48-27(3,4)5)22(41)35-17(7-6-12-33-23(32)42)21(40)38-24-37-20(28(29,30)31)18(49-24)13-47-25(43)34-15-8-10-16(11-9-15)39(45)46/h8-11,14,17,19H,6-7,12-13H2,1-5H3,(H,34,43)(H,35,41)(H,36,44)(H3,32,33,42)(H,37,38,40)/t17-,19?/m1/s1. The van der Waals surface area contributed by atoms with Crippen LogP contribution in [-0.4, -0.2) is 64.2 Å². The fourth-order valence-electron chi connectivity index (χ4n) is 3.89. The Balaban J connectivity index is 2.21. The monoisotopic (exact) mass is 718 g/mol. The second-order valence-corrected chi connectivity index (χ2v) is 12.7. The zero-order valence-corrected chi connectivity index (χ0v) is 27.9. The molecule has 0 saturated carbocycles.